The van der Waals surface area contributed by atoms with E-state index in [-0.39, 0.29) is 49.6 Å². The topological polar surface area (TPSA) is 199 Å². The summed E-state index contributed by atoms with van der Waals surface area (Å²) in [6.45, 7) is 9.15. The maximum atomic E-state index is 14.0. The van der Waals surface area contributed by atoms with Gasteiger partial charge in [-0.15, -0.1) is 0 Å². The number of aliphatic imine (C=N–C) groups is 2. The first-order valence-corrected chi connectivity index (χ1v) is 22.5. The fourth-order valence-electron chi connectivity index (χ4n) is 8.35. The Kier molecular flexibility index (Phi) is 13.8. The smallest absolute Gasteiger partial charge is 0.408 e. The van der Waals surface area contributed by atoms with Crippen molar-refractivity contribution in [2.75, 3.05) is 39.4 Å². The second kappa shape index (κ2) is 20.0. The summed E-state index contributed by atoms with van der Waals surface area (Å²) in [5.74, 6) is 0.744. The fourth-order valence-corrected chi connectivity index (χ4v) is 8.35. The average Bonchev–Trinajstić information content (AvgIpc) is 4.00. The molecule has 4 aliphatic heterocycles. The molecule has 17 heteroatoms. The molecule has 8 rings (SSSR count). The maximum absolute atomic E-state index is 14.0. The summed E-state index contributed by atoms with van der Waals surface area (Å²) in [5, 5.41) is 8.00. The first-order chi connectivity index (χ1) is 32.3. The zero-order valence-corrected chi connectivity index (χ0v) is 38.2. The van der Waals surface area contributed by atoms with Gasteiger partial charge < -0.3 is 49.4 Å². The van der Waals surface area contributed by atoms with Gasteiger partial charge in [-0.3, -0.25) is 29.2 Å². The van der Waals surface area contributed by atoms with Crippen LogP contribution in [0.2, 0.25) is 0 Å². The first kappa shape index (κ1) is 46.1. The minimum Gasteiger partial charge on any atom is -0.493 e. The fraction of sp³-hybridized carbons (Fsp3) is 0.380. The molecule has 1 fully saturated rings. The van der Waals surface area contributed by atoms with Crippen molar-refractivity contribution in [2.45, 2.75) is 77.0 Å². The third-order valence-corrected chi connectivity index (χ3v) is 12.2. The summed E-state index contributed by atoms with van der Waals surface area (Å²) in [7, 11) is 3.05. The molecular formula is C50H55N7O10. The van der Waals surface area contributed by atoms with Crippen LogP contribution in [0.25, 0.3) is 5.57 Å². The molecule has 3 aromatic rings. The van der Waals surface area contributed by atoms with E-state index in [4.69, 9.17) is 28.7 Å². The molecule has 5 aliphatic rings. The molecule has 5 amide bonds. The summed E-state index contributed by atoms with van der Waals surface area (Å²) >= 11 is 0. The van der Waals surface area contributed by atoms with Gasteiger partial charge in [0.05, 0.1) is 62.0 Å². The van der Waals surface area contributed by atoms with Gasteiger partial charge in [0.25, 0.3) is 11.8 Å². The number of benzene rings is 3. The number of nitrogens with zero attached hydrogens (tertiary/aromatic N) is 4. The average molecular weight is 914 g/mol. The van der Waals surface area contributed by atoms with Crippen LogP contribution in [-0.2, 0) is 14.3 Å². The Morgan fingerprint density at radius 1 is 0.776 bits per heavy atom. The number of hydrogen-bond acceptors (Lipinski definition) is 12. The van der Waals surface area contributed by atoms with Crippen LogP contribution in [0.4, 0.5) is 21.9 Å². The van der Waals surface area contributed by atoms with E-state index >= 15 is 0 Å². The highest BCUT2D eigenvalue weighted by molar-refractivity contribution is 6.06. The minimum absolute atomic E-state index is 0.00210. The number of amides is 5. The summed E-state index contributed by atoms with van der Waals surface area (Å²) in [6.07, 6.45) is 12.3. The molecule has 0 aromatic heterocycles. The highest BCUT2D eigenvalue weighted by atomic mass is 16.5. The second-order valence-electron chi connectivity index (χ2n) is 17.3. The van der Waals surface area contributed by atoms with Crippen LogP contribution in [0.5, 0.6) is 23.0 Å². The normalized spacial score (nSPS) is 18.8. The number of hydrogen-bond donors (Lipinski definition) is 3. The molecular weight excluding hydrogens is 859 g/mol. The molecule has 17 nitrogen and oxygen atoms in total. The van der Waals surface area contributed by atoms with Crippen molar-refractivity contribution < 1.29 is 47.7 Å². The van der Waals surface area contributed by atoms with Crippen LogP contribution >= 0.6 is 0 Å². The van der Waals surface area contributed by atoms with Gasteiger partial charge in [-0.1, -0.05) is 38.6 Å². The third kappa shape index (κ3) is 10.2. The van der Waals surface area contributed by atoms with Crippen LogP contribution in [-0.4, -0.2) is 110 Å². The zero-order chi connectivity index (χ0) is 47.4. The Morgan fingerprint density at radius 2 is 1.36 bits per heavy atom. The van der Waals surface area contributed by atoms with Gasteiger partial charge >= 0.3 is 6.09 Å². The third-order valence-electron chi connectivity index (χ3n) is 12.2. The molecule has 67 heavy (non-hydrogen) atoms. The van der Waals surface area contributed by atoms with Crippen molar-refractivity contribution in [3.8, 4) is 23.0 Å². The Bertz CT molecular complexity index is 2580. The quantitative estimate of drug-likeness (QED) is 0.0872. The summed E-state index contributed by atoms with van der Waals surface area (Å²) in [6, 6.07) is 11.7. The minimum atomic E-state index is -0.913. The largest absolute Gasteiger partial charge is 0.493 e. The van der Waals surface area contributed by atoms with E-state index < -0.39 is 30.0 Å². The second-order valence-corrected chi connectivity index (χ2v) is 17.3. The number of ether oxygens (including phenoxy) is 5. The van der Waals surface area contributed by atoms with Gasteiger partial charge in [0, 0.05) is 55.5 Å². The van der Waals surface area contributed by atoms with Gasteiger partial charge in [-0.05, 0) is 79.0 Å². The number of anilines is 1. The Hall–Kier alpha value is -7.43. The first-order valence-electron chi connectivity index (χ1n) is 22.5. The van der Waals surface area contributed by atoms with Crippen LogP contribution < -0.4 is 34.9 Å². The number of rotatable bonds is 18. The number of methoxy groups -OCH3 is 2. The maximum Gasteiger partial charge on any atom is 0.408 e. The van der Waals surface area contributed by atoms with Crippen LogP contribution in [0.3, 0.4) is 0 Å². The van der Waals surface area contributed by atoms with Crippen LogP contribution in [0.15, 0.2) is 89.1 Å². The van der Waals surface area contributed by atoms with Gasteiger partial charge in [-0.25, -0.2) is 4.79 Å². The lowest BCUT2D eigenvalue weighted by molar-refractivity contribution is -0.128. The predicted molar refractivity (Wildman–Crippen MR) is 252 cm³/mol. The van der Waals surface area contributed by atoms with Crippen molar-refractivity contribution in [1.29, 1.82) is 0 Å². The Labute approximate surface area is 388 Å². The molecule has 0 bridgehead atoms. The van der Waals surface area contributed by atoms with Crippen molar-refractivity contribution in [3.05, 3.63) is 95.8 Å². The Morgan fingerprint density at radius 3 is 1.91 bits per heavy atom. The molecule has 3 aromatic carbocycles. The molecule has 2 unspecified atom stereocenters. The van der Waals surface area contributed by atoms with E-state index in [9.17, 15) is 24.0 Å². The number of carbonyl (C=O) groups excluding carboxylic acids is 5. The van der Waals surface area contributed by atoms with Gasteiger partial charge in [-0.2, -0.15) is 0 Å². The van der Waals surface area contributed by atoms with E-state index in [0.717, 1.165) is 17.6 Å². The summed E-state index contributed by atoms with van der Waals surface area (Å²) < 4.78 is 28.5. The van der Waals surface area contributed by atoms with Crippen molar-refractivity contribution in [3.63, 3.8) is 0 Å². The van der Waals surface area contributed by atoms with Crippen molar-refractivity contribution in [2.24, 2.45) is 21.8 Å². The molecule has 4 atom stereocenters. The molecule has 4 heterocycles. The highest BCUT2D eigenvalue weighted by Gasteiger charge is 2.38. The van der Waals surface area contributed by atoms with E-state index in [1.54, 1.807) is 80.3 Å². The van der Waals surface area contributed by atoms with Gasteiger partial charge in [0.2, 0.25) is 11.8 Å². The molecule has 1 aliphatic carbocycles. The van der Waals surface area contributed by atoms with Gasteiger partial charge in [0.1, 0.15) is 18.7 Å². The molecule has 0 saturated heterocycles. The lowest BCUT2D eigenvalue weighted by Crippen LogP contribution is -2.53. The Balaban J connectivity index is 0.844. The monoisotopic (exact) mass is 913 g/mol. The SMILES string of the molecule is C=CCOC(=O)N[C@H](C(=O)N[C@@H](C)C(=O)Nc1ccc(C2=CN3C(=O)c4cc(OC)c(OCCCOc5cc6c(cc5OC)C(=O)N5C=C(C7CC7)CC5C=N6)cc4N=CC3C2)cc1)C(C)C. The molecule has 0 radical (unpaired) electrons. The number of fused-ring (bicyclic) bond motifs is 4. The van der Waals surface area contributed by atoms with E-state index in [0.29, 0.717) is 69.9 Å². The lowest BCUT2D eigenvalue weighted by Gasteiger charge is -2.23. The van der Waals surface area contributed by atoms with Crippen molar-refractivity contribution in [1.82, 2.24) is 20.4 Å². The number of nitrogens with one attached hydrogen (secondary N) is 3. The van der Waals surface area contributed by atoms with E-state index in [2.05, 4.69) is 27.5 Å². The number of alkyl carbamates (subject to hydrolysis) is 1. The highest BCUT2D eigenvalue weighted by Crippen LogP contribution is 2.45. The van der Waals surface area contributed by atoms with Crippen LogP contribution in [0, 0.1) is 11.8 Å². The predicted octanol–water partition coefficient (Wildman–Crippen LogP) is 7.13. The van der Waals surface area contributed by atoms with Crippen molar-refractivity contribution >= 4 is 64.8 Å². The van der Waals surface area contributed by atoms with E-state index in [1.165, 1.54) is 31.6 Å². The molecule has 350 valence electrons. The summed E-state index contributed by atoms with van der Waals surface area (Å²) in [4.78, 5) is 78.4. The number of carbonyl (C=O) groups is 5. The standard InChI is InChI=1S/C50H55N7O10/c1-7-15-67-50(62)55-45(28(2)3)47(59)53-29(4)46(58)54-34-13-11-31(12-14-34)33-19-36-25-52-40-23-44(42(64-6)21-38(40)49(61)57(36)27-33)66-17-8-16-65-43-22-39-37(20-41(43)63-5)48(60)56-26-32(30-9-10-30)18-35(56)24-51-39/h7,11-14,20-30,35-36,45H,1,8-10,15-19H2,2-6H3,(H,53,59)(H,54,58)(H,55,62)/t29-,35?,36?,45-/m0/s1. The summed E-state index contributed by atoms with van der Waals surface area (Å²) in [5.41, 5.74) is 5.43. The molecule has 0 spiro atoms. The van der Waals surface area contributed by atoms with Crippen LogP contribution in [0.1, 0.15) is 79.2 Å². The molecule has 3 N–H and O–H groups in total. The van der Waals surface area contributed by atoms with Gasteiger partial charge in [0.15, 0.2) is 23.0 Å². The van der Waals surface area contributed by atoms with E-state index in [1.807, 2.05) is 30.7 Å². The zero-order valence-electron chi connectivity index (χ0n) is 38.2. The molecule has 1 saturated carbocycles. The lowest BCUT2D eigenvalue weighted by atomic mass is 10.0.